The molecule has 0 spiro atoms. The van der Waals surface area contributed by atoms with Gasteiger partial charge < -0.3 is 4.74 Å². The lowest BCUT2D eigenvalue weighted by atomic mass is 10.2. The number of rotatable bonds is 3. The fourth-order valence-corrected chi connectivity index (χ4v) is 0.935. The highest BCUT2D eigenvalue weighted by atomic mass is 19.3. The summed E-state index contributed by atoms with van der Waals surface area (Å²) in [7, 11) is 0. The molecule has 3 heteroatoms. The molecule has 0 atom stereocenters. The van der Waals surface area contributed by atoms with Crippen molar-refractivity contribution in [2.45, 2.75) is 26.4 Å². The highest BCUT2D eigenvalue weighted by molar-refractivity contribution is 5.28. The molecular weight excluding hydrogens is 174 g/mol. The van der Waals surface area contributed by atoms with Crippen molar-refractivity contribution in [3.05, 3.63) is 29.8 Å². The SMILES string of the molecule is CC(C)Oc1cc[c]c(C(F)F)c1. The zero-order chi connectivity index (χ0) is 9.84. The Morgan fingerprint density at radius 2 is 2.08 bits per heavy atom. The molecule has 0 unspecified atom stereocenters. The Balaban J connectivity index is 2.79. The van der Waals surface area contributed by atoms with Crippen LogP contribution in [0.5, 0.6) is 5.75 Å². The number of benzene rings is 1. The summed E-state index contributed by atoms with van der Waals surface area (Å²) in [5, 5.41) is 0. The van der Waals surface area contributed by atoms with Gasteiger partial charge in [0.15, 0.2) is 0 Å². The van der Waals surface area contributed by atoms with Crippen LogP contribution in [0.2, 0.25) is 0 Å². The van der Waals surface area contributed by atoms with E-state index in [1.54, 1.807) is 6.07 Å². The third-order valence-electron chi connectivity index (χ3n) is 1.40. The van der Waals surface area contributed by atoms with Gasteiger partial charge in [0.1, 0.15) is 5.75 Å². The van der Waals surface area contributed by atoms with Crippen LogP contribution in [-0.2, 0) is 0 Å². The van der Waals surface area contributed by atoms with Crippen LogP contribution in [0, 0.1) is 6.07 Å². The molecule has 0 saturated heterocycles. The molecule has 13 heavy (non-hydrogen) atoms. The third-order valence-corrected chi connectivity index (χ3v) is 1.40. The molecule has 0 aliphatic heterocycles. The largest absolute Gasteiger partial charge is 0.491 e. The van der Waals surface area contributed by atoms with Gasteiger partial charge in [-0.15, -0.1) is 0 Å². The predicted molar refractivity (Wildman–Crippen MR) is 46.0 cm³/mol. The molecule has 1 aromatic rings. The van der Waals surface area contributed by atoms with Gasteiger partial charge in [-0.25, -0.2) is 8.78 Å². The molecule has 0 N–H and O–H groups in total. The molecule has 0 aromatic heterocycles. The van der Waals surface area contributed by atoms with Crippen molar-refractivity contribution in [2.75, 3.05) is 0 Å². The summed E-state index contributed by atoms with van der Waals surface area (Å²) in [5.74, 6) is 0.462. The molecule has 0 aliphatic carbocycles. The summed E-state index contributed by atoms with van der Waals surface area (Å²) < 4.78 is 29.6. The van der Waals surface area contributed by atoms with Crippen LogP contribution in [0.3, 0.4) is 0 Å². The van der Waals surface area contributed by atoms with Gasteiger partial charge in [0.25, 0.3) is 6.43 Å². The molecule has 1 rings (SSSR count). The predicted octanol–water partition coefficient (Wildman–Crippen LogP) is 3.21. The van der Waals surface area contributed by atoms with Crippen LogP contribution in [0.1, 0.15) is 25.8 Å². The van der Waals surface area contributed by atoms with Gasteiger partial charge in [0, 0.05) is 5.56 Å². The maximum atomic E-state index is 12.2. The molecule has 0 heterocycles. The normalized spacial score (nSPS) is 10.9. The van der Waals surface area contributed by atoms with Gasteiger partial charge in [-0.3, -0.25) is 0 Å². The minimum atomic E-state index is -2.49. The minimum absolute atomic E-state index is 0.00655. The second-order valence-electron chi connectivity index (χ2n) is 2.95. The number of hydrogen-bond acceptors (Lipinski definition) is 1. The average Bonchev–Trinajstić information content (AvgIpc) is 2.03. The number of halogens is 2. The van der Waals surface area contributed by atoms with Gasteiger partial charge in [0.2, 0.25) is 0 Å². The van der Waals surface area contributed by atoms with E-state index < -0.39 is 6.43 Å². The summed E-state index contributed by atoms with van der Waals surface area (Å²) in [5.41, 5.74) is -0.127. The van der Waals surface area contributed by atoms with E-state index in [0.717, 1.165) is 0 Å². The summed E-state index contributed by atoms with van der Waals surface area (Å²) in [6, 6.07) is 6.82. The van der Waals surface area contributed by atoms with E-state index in [2.05, 4.69) is 6.07 Å². The number of hydrogen-bond donors (Lipinski definition) is 0. The van der Waals surface area contributed by atoms with E-state index in [-0.39, 0.29) is 11.7 Å². The van der Waals surface area contributed by atoms with E-state index in [9.17, 15) is 8.78 Å². The topological polar surface area (TPSA) is 9.23 Å². The van der Waals surface area contributed by atoms with Gasteiger partial charge in [-0.05, 0) is 32.0 Å². The fourth-order valence-electron chi connectivity index (χ4n) is 0.935. The first-order valence-electron chi connectivity index (χ1n) is 4.06. The average molecular weight is 185 g/mol. The van der Waals surface area contributed by atoms with Crippen molar-refractivity contribution < 1.29 is 13.5 Å². The summed E-state index contributed by atoms with van der Waals surface area (Å²) in [6.07, 6.45) is -2.50. The number of ether oxygens (including phenoxy) is 1. The van der Waals surface area contributed by atoms with Crippen LogP contribution in [0.25, 0.3) is 0 Å². The van der Waals surface area contributed by atoms with E-state index in [0.29, 0.717) is 5.75 Å². The standard InChI is InChI=1S/C10H11F2O/c1-7(2)13-9-5-3-4-8(6-9)10(11)12/h3,5-7,10H,1-2H3. The molecule has 1 radical (unpaired) electrons. The van der Waals surface area contributed by atoms with E-state index in [1.165, 1.54) is 12.1 Å². The monoisotopic (exact) mass is 185 g/mol. The van der Waals surface area contributed by atoms with Crippen molar-refractivity contribution >= 4 is 0 Å². The molecule has 0 aliphatic rings. The first-order valence-corrected chi connectivity index (χ1v) is 4.06. The Labute approximate surface area is 76.3 Å². The van der Waals surface area contributed by atoms with Crippen molar-refractivity contribution in [3.8, 4) is 5.75 Å². The first kappa shape index (κ1) is 9.96. The third kappa shape index (κ3) is 3.01. The van der Waals surface area contributed by atoms with Gasteiger partial charge in [0.05, 0.1) is 6.10 Å². The zero-order valence-corrected chi connectivity index (χ0v) is 7.55. The molecule has 1 aromatic carbocycles. The van der Waals surface area contributed by atoms with Crippen molar-refractivity contribution in [3.63, 3.8) is 0 Å². The second kappa shape index (κ2) is 4.21. The van der Waals surface area contributed by atoms with Crippen molar-refractivity contribution in [1.29, 1.82) is 0 Å². The van der Waals surface area contributed by atoms with Gasteiger partial charge in [-0.1, -0.05) is 6.07 Å². The lowest BCUT2D eigenvalue weighted by Gasteiger charge is -2.10. The Morgan fingerprint density at radius 3 is 2.62 bits per heavy atom. The quantitative estimate of drug-likeness (QED) is 0.702. The smallest absolute Gasteiger partial charge is 0.264 e. The maximum absolute atomic E-state index is 12.2. The van der Waals surface area contributed by atoms with Gasteiger partial charge >= 0.3 is 0 Å². The Hall–Kier alpha value is -1.12. The molecule has 0 bridgehead atoms. The van der Waals surface area contributed by atoms with E-state index >= 15 is 0 Å². The zero-order valence-electron chi connectivity index (χ0n) is 7.55. The molecule has 0 saturated carbocycles. The maximum Gasteiger partial charge on any atom is 0.264 e. The van der Waals surface area contributed by atoms with Crippen LogP contribution >= 0.6 is 0 Å². The Kier molecular flexibility index (Phi) is 3.23. The summed E-state index contributed by atoms with van der Waals surface area (Å²) in [6.45, 7) is 3.69. The Bertz CT molecular complexity index is 271. The number of alkyl halides is 2. The van der Waals surface area contributed by atoms with E-state index in [1.807, 2.05) is 13.8 Å². The summed E-state index contributed by atoms with van der Waals surface area (Å²) in [4.78, 5) is 0. The van der Waals surface area contributed by atoms with Crippen LogP contribution in [0.15, 0.2) is 18.2 Å². The fraction of sp³-hybridized carbons (Fsp3) is 0.400. The molecule has 71 valence electrons. The lowest BCUT2D eigenvalue weighted by molar-refractivity contribution is 0.150. The van der Waals surface area contributed by atoms with Crippen LogP contribution in [-0.4, -0.2) is 6.10 Å². The molecule has 1 nitrogen and oxygen atoms in total. The van der Waals surface area contributed by atoms with Crippen LogP contribution < -0.4 is 4.74 Å². The summed E-state index contributed by atoms with van der Waals surface area (Å²) >= 11 is 0. The van der Waals surface area contributed by atoms with E-state index in [4.69, 9.17) is 4.74 Å². The first-order chi connectivity index (χ1) is 6.09. The highest BCUT2D eigenvalue weighted by Crippen LogP contribution is 2.22. The lowest BCUT2D eigenvalue weighted by Crippen LogP contribution is -2.05. The molecular formula is C10H11F2O. The second-order valence-corrected chi connectivity index (χ2v) is 2.95. The molecule has 0 fully saturated rings. The van der Waals surface area contributed by atoms with Gasteiger partial charge in [-0.2, -0.15) is 0 Å². The van der Waals surface area contributed by atoms with Crippen molar-refractivity contribution in [2.24, 2.45) is 0 Å². The van der Waals surface area contributed by atoms with Crippen LogP contribution in [0.4, 0.5) is 8.78 Å². The highest BCUT2D eigenvalue weighted by Gasteiger charge is 2.08. The Morgan fingerprint density at radius 1 is 1.38 bits per heavy atom. The minimum Gasteiger partial charge on any atom is -0.491 e. The van der Waals surface area contributed by atoms with Crippen molar-refractivity contribution in [1.82, 2.24) is 0 Å². The molecule has 0 amide bonds.